The molecular weight excluding hydrogens is 641 g/mol. The number of rotatable bonds is 14. The van der Waals surface area contributed by atoms with Crippen LogP contribution in [0, 0.1) is 11.2 Å². The Morgan fingerprint density at radius 1 is 1.18 bits per heavy atom. The predicted octanol–water partition coefficient (Wildman–Crippen LogP) is 10.3. The molecule has 2 saturated carbocycles. The van der Waals surface area contributed by atoms with Gasteiger partial charge in [0.2, 0.25) is 0 Å². The normalized spacial score (nSPS) is 20.3. The van der Waals surface area contributed by atoms with Gasteiger partial charge in [-0.3, -0.25) is 5.32 Å². The zero-order valence-corrected chi connectivity index (χ0v) is 31.6. The Labute approximate surface area is 304 Å². The van der Waals surface area contributed by atoms with E-state index in [1.807, 2.05) is 13.0 Å². The molecule has 1 aromatic carbocycles. The first-order chi connectivity index (χ1) is 24.4. The molecule has 0 spiro atoms. The van der Waals surface area contributed by atoms with E-state index < -0.39 is 11.7 Å². The highest BCUT2D eigenvalue weighted by Crippen LogP contribution is 2.44. The molecule has 51 heavy (non-hydrogen) atoms. The van der Waals surface area contributed by atoms with E-state index >= 15 is 4.39 Å². The molecule has 1 aromatic heterocycles. The largest absolute Gasteiger partial charge is 0.492 e. The van der Waals surface area contributed by atoms with E-state index in [1.165, 1.54) is 63.4 Å². The van der Waals surface area contributed by atoms with E-state index in [2.05, 4.69) is 47.4 Å². The van der Waals surface area contributed by atoms with Crippen molar-refractivity contribution in [3.8, 4) is 5.75 Å². The highest BCUT2D eigenvalue weighted by atomic mass is 19.1. The minimum atomic E-state index is -0.613. The smallest absolute Gasteiger partial charge is 0.413 e. The third kappa shape index (κ3) is 10.2. The zero-order chi connectivity index (χ0) is 36.6. The van der Waals surface area contributed by atoms with Crippen molar-refractivity contribution in [2.24, 2.45) is 10.4 Å². The minimum absolute atomic E-state index is 0.176. The molecule has 9 heteroatoms. The van der Waals surface area contributed by atoms with Crippen LogP contribution in [0.25, 0.3) is 11.3 Å². The highest BCUT2D eigenvalue weighted by molar-refractivity contribution is 5.86. The molecule has 2 aromatic rings. The number of fused-ring (bicyclic) bond motifs is 1. The lowest BCUT2D eigenvalue weighted by Gasteiger charge is -2.41. The number of carbonyl (C=O) groups excluding carboxylic acids is 1. The second-order valence-electron chi connectivity index (χ2n) is 15.5. The molecule has 3 aliphatic rings. The summed E-state index contributed by atoms with van der Waals surface area (Å²) in [5.74, 6) is 1.49. The minimum Gasteiger partial charge on any atom is -0.492 e. The number of aliphatic imine (C=N–C) groups is 1. The number of carbonyl (C=O) groups is 1. The molecule has 3 N–H and O–H groups in total. The van der Waals surface area contributed by atoms with E-state index in [4.69, 9.17) is 14.5 Å². The van der Waals surface area contributed by atoms with Gasteiger partial charge in [-0.2, -0.15) is 0 Å². The summed E-state index contributed by atoms with van der Waals surface area (Å²) >= 11 is 0. The molecule has 0 radical (unpaired) electrons. The number of alkyl carbamates (subject to hydrolysis) is 1. The standard InChI is InChI=1S/C42H58FN5O3/c1-8-10-18-42(9-2)19-14-34(15-20-42)48-37(31-12-11-13-31)32-23-30(24-33(43)25-32)26-45-39-35-17-22-50-38(35)36(27-46-39)28(3)16-21-44-29(4)47-40(49)51-41(5,6)7/h16,21,23-25,27,34,48H,4,8-15,17-20,22,26H2,1-3,5-7H3,(H,45,46)(H,47,49)/b28-16+,44-21-. The number of hydrogen-bond acceptors (Lipinski definition) is 7. The fourth-order valence-corrected chi connectivity index (χ4v) is 7.39. The number of ether oxygens (including phenoxy) is 2. The van der Waals surface area contributed by atoms with Gasteiger partial charge in [-0.1, -0.05) is 39.7 Å². The number of nitrogens with zero attached hydrogens (tertiary/aromatic N) is 2. The van der Waals surface area contributed by atoms with Gasteiger partial charge in [-0.05, 0) is 125 Å². The number of unbranched alkanes of at least 4 members (excludes halogenated alkanes) is 1. The summed E-state index contributed by atoms with van der Waals surface area (Å²) in [7, 11) is 0. The lowest BCUT2D eigenvalue weighted by molar-refractivity contribution is 0.0546. The highest BCUT2D eigenvalue weighted by Gasteiger charge is 2.34. The zero-order valence-electron chi connectivity index (χ0n) is 31.6. The molecular formula is C42H58FN5O3. The number of aromatic nitrogens is 1. The van der Waals surface area contributed by atoms with Crippen LogP contribution in [0.15, 0.2) is 53.4 Å². The fourth-order valence-electron chi connectivity index (χ4n) is 7.39. The maximum absolute atomic E-state index is 15.2. The maximum atomic E-state index is 15.2. The number of benzene rings is 1. The van der Waals surface area contributed by atoms with E-state index in [0.29, 0.717) is 24.6 Å². The molecule has 2 aliphatic carbocycles. The van der Waals surface area contributed by atoms with Crippen molar-refractivity contribution < 1.29 is 18.7 Å². The van der Waals surface area contributed by atoms with Gasteiger partial charge in [-0.15, -0.1) is 0 Å². The van der Waals surface area contributed by atoms with Gasteiger partial charge in [0.05, 0.1) is 6.61 Å². The maximum Gasteiger partial charge on any atom is 0.413 e. The molecule has 0 saturated heterocycles. The molecule has 8 nitrogen and oxygen atoms in total. The van der Waals surface area contributed by atoms with Crippen molar-refractivity contribution in [1.29, 1.82) is 0 Å². The number of pyridine rings is 1. The number of allylic oxidation sites excluding steroid dienone is 3. The summed E-state index contributed by atoms with van der Waals surface area (Å²) in [6.45, 7) is 16.8. The van der Waals surface area contributed by atoms with Gasteiger partial charge < -0.3 is 20.1 Å². The van der Waals surface area contributed by atoms with Gasteiger partial charge in [0.1, 0.15) is 28.8 Å². The van der Waals surface area contributed by atoms with Crippen LogP contribution in [0.2, 0.25) is 0 Å². The lowest BCUT2D eigenvalue weighted by atomic mass is 9.68. The second kappa shape index (κ2) is 16.9. The predicted molar refractivity (Wildman–Crippen MR) is 206 cm³/mol. The van der Waals surface area contributed by atoms with E-state index in [-0.39, 0.29) is 11.6 Å². The van der Waals surface area contributed by atoms with Gasteiger partial charge in [0.15, 0.2) is 0 Å². The molecule has 1 amide bonds. The van der Waals surface area contributed by atoms with Crippen LogP contribution in [0.3, 0.4) is 0 Å². The van der Waals surface area contributed by atoms with Gasteiger partial charge in [0.25, 0.3) is 0 Å². The van der Waals surface area contributed by atoms with Crippen molar-refractivity contribution in [3.63, 3.8) is 0 Å². The first kappa shape index (κ1) is 38.1. The molecule has 0 bridgehead atoms. The van der Waals surface area contributed by atoms with Crippen LogP contribution in [-0.4, -0.2) is 35.5 Å². The van der Waals surface area contributed by atoms with Crippen LogP contribution >= 0.6 is 0 Å². The summed E-state index contributed by atoms with van der Waals surface area (Å²) in [6.07, 6.45) is 18.7. The number of nitrogens with one attached hydrogen (secondary N) is 3. The van der Waals surface area contributed by atoms with Gasteiger partial charge in [-0.25, -0.2) is 19.2 Å². The molecule has 0 unspecified atom stereocenters. The third-order valence-electron chi connectivity index (χ3n) is 10.6. The van der Waals surface area contributed by atoms with Crippen LogP contribution in [-0.2, 0) is 17.7 Å². The lowest BCUT2D eigenvalue weighted by Crippen LogP contribution is -2.37. The Bertz CT molecular complexity index is 1660. The quantitative estimate of drug-likeness (QED) is 0.170. The molecule has 0 atom stereocenters. The van der Waals surface area contributed by atoms with Crippen molar-refractivity contribution >= 4 is 29.4 Å². The van der Waals surface area contributed by atoms with E-state index in [9.17, 15) is 4.79 Å². The first-order valence-corrected chi connectivity index (χ1v) is 19.0. The number of amides is 1. The average molecular weight is 700 g/mol. The van der Waals surface area contributed by atoms with E-state index in [0.717, 1.165) is 64.4 Å². The van der Waals surface area contributed by atoms with Gasteiger partial charge in [0, 0.05) is 53.8 Å². The SMILES string of the molecule is C=C(/N=C\C=C(/C)c1cnc(NCc2cc(F)cc(C(NC3CCC(CC)(CCCC)CC3)=C3CCC3)c2)c2c1OCC2)NC(=O)OC(C)(C)C. The summed E-state index contributed by atoms with van der Waals surface area (Å²) in [4.78, 5) is 21.0. The van der Waals surface area contributed by atoms with Crippen LogP contribution in [0.4, 0.5) is 15.0 Å². The van der Waals surface area contributed by atoms with Crippen molar-refractivity contribution in [3.05, 3.63) is 76.5 Å². The summed E-state index contributed by atoms with van der Waals surface area (Å²) in [5, 5.41) is 9.93. The Kier molecular flexibility index (Phi) is 12.6. The molecule has 2 heterocycles. The summed E-state index contributed by atoms with van der Waals surface area (Å²) < 4.78 is 26.5. The van der Waals surface area contributed by atoms with E-state index in [1.54, 1.807) is 45.3 Å². The number of hydrogen-bond donors (Lipinski definition) is 3. The first-order valence-electron chi connectivity index (χ1n) is 19.0. The Balaban J connectivity index is 1.25. The van der Waals surface area contributed by atoms with Crippen molar-refractivity contribution in [2.45, 2.75) is 137 Å². The Morgan fingerprint density at radius 2 is 1.94 bits per heavy atom. The Hall–Kier alpha value is -4.14. The molecule has 2 fully saturated rings. The van der Waals surface area contributed by atoms with Crippen molar-refractivity contribution in [1.82, 2.24) is 15.6 Å². The summed E-state index contributed by atoms with van der Waals surface area (Å²) in [6, 6.07) is 5.87. The molecule has 5 rings (SSSR count). The average Bonchev–Trinajstić information content (AvgIpc) is 3.55. The van der Waals surface area contributed by atoms with Crippen LogP contribution < -0.4 is 20.7 Å². The van der Waals surface area contributed by atoms with Crippen LogP contribution in [0.1, 0.15) is 134 Å². The molecule has 1 aliphatic heterocycles. The van der Waals surface area contributed by atoms with Crippen LogP contribution in [0.5, 0.6) is 5.75 Å². The van der Waals surface area contributed by atoms with Gasteiger partial charge >= 0.3 is 6.09 Å². The summed E-state index contributed by atoms with van der Waals surface area (Å²) in [5.41, 5.74) is 7.05. The second-order valence-corrected chi connectivity index (χ2v) is 15.5. The van der Waals surface area contributed by atoms with Crippen molar-refractivity contribution in [2.75, 3.05) is 11.9 Å². The molecule has 276 valence electrons. The number of anilines is 1. The monoisotopic (exact) mass is 699 g/mol. The number of halogens is 1. The third-order valence-corrected chi connectivity index (χ3v) is 10.6. The Morgan fingerprint density at radius 3 is 2.61 bits per heavy atom. The topological polar surface area (TPSA) is 96.9 Å². The fraction of sp³-hybridized carbons (Fsp3) is 0.548.